The van der Waals surface area contributed by atoms with Crippen molar-refractivity contribution >= 4 is 132 Å². The number of aryl methyl sites for hydroxylation is 5. The maximum atomic E-state index is 5.81. The van der Waals surface area contributed by atoms with Crippen molar-refractivity contribution in [2.45, 2.75) is 119 Å². The van der Waals surface area contributed by atoms with E-state index < -0.39 is 0 Å². The molecule has 17 aromatic rings. The van der Waals surface area contributed by atoms with Crippen molar-refractivity contribution in [3.63, 3.8) is 0 Å². The molecule has 7 aromatic heterocycles. The zero-order valence-corrected chi connectivity index (χ0v) is 61.0. The van der Waals surface area contributed by atoms with Crippen molar-refractivity contribution in [2.75, 3.05) is 19.8 Å². The summed E-state index contributed by atoms with van der Waals surface area (Å²) in [4.78, 5) is 9.13. The van der Waals surface area contributed by atoms with Crippen molar-refractivity contribution < 1.29 is 13.9 Å². The Morgan fingerprint density at radius 1 is 0.404 bits per heavy atom. The number of para-hydroxylation sites is 5. The minimum Gasteiger partial charge on any atom is -0.476 e. The van der Waals surface area contributed by atoms with Gasteiger partial charge < -0.3 is 36.7 Å². The molecule has 0 aliphatic carbocycles. The first-order chi connectivity index (χ1) is 51.1. The van der Waals surface area contributed by atoms with E-state index in [4.69, 9.17) is 25.3 Å². The van der Waals surface area contributed by atoms with Crippen LogP contribution in [0.4, 0.5) is 0 Å². The van der Waals surface area contributed by atoms with Crippen LogP contribution in [0.5, 0.6) is 0 Å². The first-order valence-corrected chi connectivity index (χ1v) is 37.4. The van der Waals surface area contributed by atoms with Crippen molar-refractivity contribution in [1.82, 2.24) is 43.2 Å². The molecule has 0 bridgehead atoms. The van der Waals surface area contributed by atoms with Crippen LogP contribution in [-0.2, 0) is 42.2 Å². The minimum atomic E-state index is -0.125. The first-order valence-electron chi connectivity index (χ1n) is 36.5. The predicted molar refractivity (Wildman–Crippen MR) is 433 cm³/mol. The van der Waals surface area contributed by atoms with Crippen LogP contribution >= 0.6 is 11.3 Å². The summed E-state index contributed by atoms with van der Waals surface area (Å²) in [7, 11) is 0. The fourth-order valence-electron chi connectivity index (χ4n) is 15.1. The lowest BCUT2D eigenvalue weighted by Crippen LogP contribution is -2.17. The maximum Gasteiger partial charge on any atom is 0.247 e. The summed E-state index contributed by atoms with van der Waals surface area (Å²) < 4.78 is 28.7. The molecule has 9 heterocycles. The Labute approximate surface area is 609 Å². The van der Waals surface area contributed by atoms with E-state index in [0.717, 1.165) is 116 Å². The van der Waals surface area contributed by atoms with E-state index in [-0.39, 0.29) is 5.54 Å². The number of nitrogens with zero attached hydrogens (tertiary/aromatic N) is 11. The molecule has 0 atom stereocenters. The van der Waals surface area contributed by atoms with Crippen LogP contribution in [0, 0.1) is 12.3 Å². The van der Waals surface area contributed by atoms with Crippen LogP contribution in [-0.4, -0.2) is 80.3 Å². The third-order valence-corrected chi connectivity index (χ3v) is 20.3. The molecule has 0 fully saturated rings. The fraction of sp³-hybridized carbons (Fsp3) is 0.236. The average molecular weight is 1390 g/mol. The van der Waals surface area contributed by atoms with Crippen molar-refractivity contribution in [3.8, 4) is 34.4 Å². The number of aromatic nitrogens is 9. The Bertz CT molecular complexity index is 5900. The maximum absolute atomic E-state index is 5.81. The third kappa shape index (κ3) is 13.3. The van der Waals surface area contributed by atoms with Gasteiger partial charge in [0.15, 0.2) is 0 Å². The Balaban J connectivity index is 0.000000105. The lowest BCUT2D eigenvalue weighted by Gasteiger charge is -2.07. The molecule has 104 heavy (non-hydrogen) atoms. The van der Waals surface area contributed by atoms with Gasteiger partial charge in [-0.3, -0.25) is 0 Å². The molecular weight excluding hydrogens is 1300 g/mol. The number of fused-ring (bicyclic) bond motifs is 15. The van der Waals surface area contributed by atoms with Gasteiger partial charge in [0.1, 0.15) is 23.7 Å². The highest BCUT2D eigenvalue weighted by Gasteiger charge is 2.28. The minimum absolute atomic E-state index is 0.125. The highest BCUT2D eigenvalue weighted by Crippen LogP contribution is 2.38. The SMILES string of the molecule is C#Cc1ccc2c(c1)c1ccccc1n2CCC.CCCn1c2ccccc2c2cc(-c3nnco3)ccc21.CCCn1c2ccccc2c2cc(-c3nncs3)ccc21.CCCn1c2ccccc2c2cc(C3=NC(C)(C)CO3)ccc21.CCCn1c2ccccc2c2cc(C3=NCCO3)ccc21. The van der Waals surface area contributed by atoms with E-state index in [1.807, 2.05) is 12.1 Å². The molecule has 0 saturated carbocycles. The molecule has 19 rings (SSSR count). The molecule has 520 valence electrons. The van der Waals surface area contributed by atoms with Crippen LogP contribution in [0.25, 0.3) is 131 Å². The van der Waals surface area contributed by atoms with Gasteiger partial charge in [-0.15, -0.1) is 26.8 Å². The summed E-state index contributed by atoms with van der Waals surface area (Å²) in [5.41, 5.74) is 19.7. The summed E-state index contributed by atoms with van der Waals surface area (Å²) in [6, 6.07) is 75.2. The van der Waals surface area contributed by atoms with E-state index in [1.54, 1.807) is 16.8 Å². The van der Waals surface area contributed by atoms with Gasteiger partial charge in [-0.1, -0.05) is 143 Å². The van der Waals surface area contributed by atoms with Crippen LogP contribution in [0.1, 0.15) is 97.3 Å². The lowest BCUT2D eigenvalue weighted by atomic mass is 10.1. The van der Waals surface area contributed by atoms with Crippen LogP contribution < -0.4 is 0 Å². The summed E-state index contributed by atoms with van der Waals surface area (Å²) in [5.74, 6) is 4.82. The van der Waals surface area contributed by atoms with Crippen LogP contribution in [0.15, 0.2) is 239 Å². The van der Waals surface area contributed by atoms with E-state index in [2.05, 4.69) is 303 Å². The Kier molecular flexibility index (Phi) is 19.8. The predicted octanol–water partition coefficient (Wildman–Crippen LogP) is 21.9. The quantitative estimate of drug-likeness (QED) is 0.0990. The lowest BCUT2D eigenvalue weighted by molar-refractivity contribution is 0.279. The Hall–Kier alpha value is -11.6. The summed E-state index contributed by atoms with van der Waals surface area (Å²) in [5, 5.41) is 29.7. The van der Waals surface area contributed by atoms with Crippen molar-refractivity contribution in [2.24, 2.45) is 9.98 Å². The molecule has 10 aromatic carbocycles. The molecule has 0 unspecified atom stereocenters. The molecule has 0 spiro atoms. The first kappa shape index (κ1) is 68.2. The molecule has 0 radical (unpaired) electrons. The Morgan fingerprint density at radius 2 is 0.779 bits per heavy atom. The van der Waals surface area contributed by atoms with Gasteiger partial charge in [-0.25, -0.2) is 9.98 Å². The molecule has 15 heteroatoms. The number of ether oxygens (including phenoxy) is 2. The topological polar surface area (TPSA) is 133 Å². The van der Waals surface area contributed by atoms with Gasteiger partial charge in [-0.05, 0) is 167 Å². The number of terminal acetylenes is 1. The van der Waals surface area contributed by atoms with Crippen molar-refractivity contribution in [1.29, 1.82) is 0 Å². The van der Waals surface area contributed by atoms with Gasteiger partial charge in [0.2, 0.25) is 24.1 Å². The molecule has 0 saturated heterocycles. The summed E-state index contributed by atoms with van der Waals surface area (Å²) in [6.45, 7) is 22.6. The smallest absolute Gasteiger partial charge is 0.247 e. The van der Waals surface area contributed by atoms with Gasteiger partial charge in [0, 0.05) is 170 Å². The van der Waals surface area contributed by atoms with E-state index in [1.165, 1.54) is 115 Å². The molecule has 14 nitrogen and oxygen atoms in total. The van der Waals surface area contributed by atoms with Crippen molar-refractivity contribution in [3.05, 3.63) is 241 Å². The second-order valence-electron chi connectivity index (χ2n) is 27.2. The molecule has 0 amide bonds. The second kappa shape index (κ2) is 30.1. The second-order valence-corrected chi connectivity index (χ2v) is 28.0. The largest absolute Gasteiger partial charge is 0.476 e. The molecule has 2 aliphatic rings. The fourth-order valence-corrected chi connectivity index (χ4v) is 15.6. The zero-order valence-electron chi connectivity index (χ0n) is 60.2. The number of rotatable bonds is 14. The zero-order chi connectivity index (χ0) is 71.3. The highest BCUT2D eigenvalue weighted by molar-refractivity contribution is 7.12. The highest BCUT2D eigenvalue weighted by atomic mass is 32.1. The summed E-state index contributed by atoms with van der Waals surface area (Å²) >= 11 is 1.58. The van der Waals surface area contributed by atoms with E-state index in [0.29, 0.717) is 19.1 Å². The monoisotopic (exact) mass is 1390 g/mol. The van der Waals surface area contributed by atoms with Crippen LogP contribution in [0.2, 0.25) is 0 Å². The number of aliphatic imine (C=N–C) groups is 2. The number of hydrogen-bond donors (Lipinski definition) is 0. The van der Waals surface area contributed by atoms with Gasteiger partial charge >= 0.3 is 0 Å². The molecule has 0 N–H and O–H groups in total. The summed E-state index contributed by atoms with van der Waals surface area (Å²) in [6.07, 6.45) is 12.5. The van der Waals surface area contributed by atoms with E-state index >= 15 is 0 Å². The van der Waals surface area contributed by atoms with E-state index in [9.17, 15) is 0 Å². The number of hydrogen-bond acceptors (Lipinski definition) is 10. The Morgan fingerprint density at radius 3 is 1.14 bits per heavy atom. The van der Waals surface area contributed by atoms with Gasteiger partial charge in [0.25, 0.3) is 0 Å². The third-order valence-electron chi connectivity index (χ3n) is 19.5. The normalized spacial score (nSPS) is 13.2. The van der Waals surface area contributed by atoms with Gasteiger partial charge in [0.05, 0.1) is 12.1 Å². The molecule has 2 aliphatic heterocycles. The van der Waals surface area contributed by atoms with Gasteiger partial charge in [-0.2, -0.15) is 0 Å². The average Bonchev–Trinajstić information content (AvgIpc) is 1.64. The molecular formula is C89H85N11O3S. The van der Waals surface area contributed by atoms with Crippen LogP contribution in [0.3, 0.4) is 0 Å². The standard InChI is InChI=1S/C20H22N2O.C18H18N2O.C17H15N3O.C17H15N3S.C17H15N/c1-4-11-22-17-8-6-5-7-15(17)16-12-14(9-10-18(16)22)19-21-20(2,3)13-23-19;1-2-10-20-16-6-4-3-5-14(16)15-12-13(7-8-17(15)20)18-19-9-11-21-18;2*1-2-9-20-15-6-4-3-5-13(15)14-10-12(7-8-16(14)20)17-19-18-11-21-17;1-3-11-18-16-8-6-5-7-14(16)15-12-13(4-2)9-10-17(15)18/h5-10,12H,4,11,13H2,1-3H3;3-8,12H,2,9-11H2,1H3;2*3-8,10-11H,2,9H2,1H3;2,5-10,12H,3,11H2,1H3. The number of benzene rings is 10.